The first-order valence-electron chi connectivity index (χ1n) is 6.90. The Hall–Kier alpha value is -1.80. The van der Waals surface area contributed by atoms with Crippen molar-refractivity contribution in [2.24, 2.45) is 0 Å². The molecule has 0 saturated carbocycles. The Balaban J connectivity index is 2.38. The number of halogens is 1. The lowest BCUT2D eigenvalue weighted by molar-refractivity contribution is 0.416. The summed E-state index contributed by atoms with van der Waals surface area (Å²) in [6, 6.07) is 3.70. The van der Waals surface area contributed by atoms with E-state index >= 15 is 0 Å². The summed E-state index contributed by atoms with van der Waals surface area (Å²) in [4.78, 5) is 4.16. The second-order valence-electron chi connectivity index (χ2n) is 4.95. The lowest BCUT2D eigenvalue weighted by Crippen LogP contribution is -2.24. The number of likely N-dealkylation sites (N-methyl/N-ethyl adjacent to an activating group) is 1. The summed E-state index contributed by atoms with van der Waals surface area (Å²) >= 11 is 0. The van der Waals surface area contributed by atoms with Crippen molar-refractivity contribution < 1.29 is 17.3 Å². The zero-order valence-corrected chi connectivity index (χ0v) is 13.4. The molecule has 1 N–H and O–H groups in total. The van der Waals surface area contributed by atoms with Crippen molar-refractivity contribution in [1.29, 1.82) is 0 Å². The molecule has 0 bridgehead atoms. The van der Waals surface area contributed by atoms with Gasteiger partial charge in [0, 0.05) is 12.5 Å². The highest BCUT2D eigenvalue weighted by atomic mass is 32.2. The van der Waals surface area contributed by atoms with E-state index in [0.717, 1.165) is 6.07 Å². The molecule has 0 amide bonds. The van der Waals surface area contributed by atoms with Crippen LogP contribution in [-0.2, 0) is 16.3 Å². The fraction of sp³-hybridized carbons (Fsp3) is 0.429. The molecule has 0 spiro atoms. The third-order valence-corrected chi connectivity index (χ3v) is 5.09. The maximum absolute atomic E-state index is 14.0. The molecule has 0 saturated heterocycles. The Bertz CT molecular complexity index is 758. The summed E-state index contributed by atoms with van der Waals surface area (Å²) in [7, 11) is -1.62. The lowest BCUT2D eigenvalue weighted by Gasteiger charge is -2.05. The van der Waals surface area contributed by atoms with E-state index < -0.39 is 15.7 Å². The number of nitrogens with zero attached hydrogens (tertiary/aromatic N) is 2. The molecule has 1 heterocycles. The van der Waals surface area contributed by atoms with Crippen molar-refractivity contribution in [1.82, 2.24) is 15.5 Å². The smallest absolute Gasteiger partial charge is 0.260 e. The van der Waals surface area contributed by atoms with E-state index in [2.05, 4.69) is 15.5 Å². The van der Waals surface area contributed by atoms with E-state index in [1.54, 1.807) is 0 Å². The minimum absolute atomic E-state index is 0.00890. The van der Waals surface area contributed by atoms with Gasteiger partial charge in [-0.05, 0) is 32.2 Å². The fourth-order valence-electron chi connectivity index (χ4n) is 1.85. The fourth-order valence-corrected chi connectivity index (χ4v) is 2.76. The molecule has 22 heavy (non-hydrogen) atoms. The number of nitrogens with one attached hydrogen (secondary N) is 1. The summed E-state index contributed by atoms with van der Waals surface area (Å²) in [5.74, 6) is -0.261. The Morgan fingerprint density at radius 1 is 1.41 bits per heavy atom. The molecule has 0 aliphatic carbocycles. The second-order valence-corrected chi connectivity index (χ2v) is 7.23. The van der Waals surface area contributed by atoms with Crippen molar-refractivity contribution in [3.63, 3.8) is 0 Å². The SMILES string of the molecule is CCS(=O)(=O)c1ccc(F)c(-c2nc(CC(C)NC)no2)c1. The molecule has 8 heteroatoms. The van der Waals surface area contributed by atoms with Crippen molar-refractivity contribution >= 4 is 9.84 Å². The largest absolute Gasteiger partial charge is 0.334 e. The van der Waals surface area contributed by atoms with E-state index in [-0.39, 0.29) is 28.1 Å². The molecule has 6 nitrogen and oxygen atoms in total. The van der Waals surface area contributed by atoms with Crippen molar-refractivity contribution in [3.8, 4) is 11.5 Å². The Labute approximate surface area is 128 Å². The summed E-state index contributed by atoms with van der Waals surface area (Å²) in [5, 5.41) is 6.83. The molecule has 1 aromatic carbocycles. The standard InChI is InChI=1S/C14H18FN3O3S/c1-4-22(19,20)10-5-6-12(15)11(8-10)14-17-13(18-21-14)7-9(2)16-3/h5-6,8-9,16H,4,7H2,1-3H3. The zero-order valence-electron chi connectivity index (χ0n) is 12.6. The van der Waals surface area contributed by atoms with Gasteiger partial charge < -0.3 is 9.84 Å². The van der Waals surface area contributed by atoms with Gasteiger partial charge in [0.1, 0.15) is 5.82 Å². The van der Waals surface area contributed by atoms with Gasteiger partial charge in [0.15, 0.2) is 15.7 Å². The molecule has 2 rings (SSSR count). The van der Waals surface area contributed by atoms with Gasteiger partial charge in [-0.1, -0.05) is 12.1 Å². The van der Waals surface area contributed by atoms with Gasteiger partial charge in [-0.25, -0.2) is 12.8 Å². The van der Waals surface area contributed by atoms with Crippen LogP contribution in [0.1, 0.15) is 19.7 Å². The van der Waals surface area contributed by atoms with Gasteiger partial charge >= 0.3 is 0 Å². The van der Waals surface area contributed by atoms with Crippen LogP contribution in [0.5, 0.6) is 0 Å². The van der Waals surface area contributed by atoms with Gasteiger partial charge in [0.05, 0.1) is 16.2 Å². The third kappa shape index (κ3) is 3.50. The second kappa shape index (κ2) is 6.53. The molecule has 1 unspecified atom stereocenters. The first kappa shape index (κ1) is 16.6. The quantitative estimate of drug-likeness (QED) is 0.815. The lowest BCUT2D eigenvalue weighted by atomic mass is 10.2. The van der Waals surface area contributed by atoms with Crippen LogP contribution in [0.4, 0.5) is 4.39 Å². The molecule has 2 aromatic rings. The molecular formula is C14H18FN3O3S. The molecule has 0 aliphatic rings. The summed E-state index contributed by atoms with van der Waals surface area (Å²) < 4.78 is 42.8. The number of hydrogen-bond donors (Lipinski definition) is 1. The van der Waals surface area contributed by atoms with E-state index in [4.69, 9.17) is 4.52 Å². The van der Waals surface area contributed by atoms with Crippen LogP contribution in [0.2, 0.25) is 0 Å². The number of rotatable bonds is 6. The first-order valence-corrected chi connectivity index (χ1v) is 8.55. The zero-order chi connectivity index (χ0) is 16.3. The van der Waals surface area contributed by atoms with Crippen LogP contribution in [0, 0.1) is 5.82 Å². The van der Waals surface area contributed by atoms with Crippen molar-refractivity contribution in [2.75, 3.05) is 12.8 Å². The Morgan fingerprint density at radius 3 is 2.77 bits per heavy atom. The van der Waals surface area contributed by atoms with E-state index in [0.29, 0.717) is 12.2 Å². The average Bonchev–Trinajstić information content (AvgIpc) is 2.95. The monoisotopic (exact) mass is 327 g/mol. The molecule has 0 aliphatic heterocycles. The average molecular weight is 327 g/mol. The van der Waals surface area contributed by atoms with Crippen molar-refractivity contribution in [2.45, 2.75) is 31.2 Å². The number of hydrogen-bond acceptors (Lipinski definition) is 6. The van der Waals surface area contributed by atoms with Crippen molar-refractivity contribution in [3.05, 3.63) is 29.8 Å². The first-order chi connectivity index (χ1) is 10.4. The minimum Gasteiger partial charge on any atom is -0.334 e. The van der Waals surface area contributed by atoms with E-state index in [1.165, 1.54) is 19.1 Å². The molecule has 0 fully saturated rings. The Kier molecular flexibility index (Phi) is 4.92. The predicted molar refractivity (Wildman–Crippen MR) is 79.6 cm³/mol. The minimum atomic E-state index is -3.43. The van der Waals surface area contributed by atoms with Gasteiger partial charge in [-0.15, -0.1) is 0 Å². The summed E-state index contributed by atoms with van der Waals surface area (Å²) in [6.07, 6.45) is 0.522. The number of aromatic nitrogens is 2. The van der Waals surface area contributed by atoms with Gasteiger partial charge in [-0.2, -0.15) is 4.98 Å². The Morgan fingerprint density at radius 2 is 2.14 bits per heavy atom. The van der Waals surface area contributed by atoms with Crippen LogP contribution in [0.15, 0.2) is 27.6 Å². The summed E-state index contributed by atoms with van der Waals surface area (Å²) in [6.45, 7) is 3.48. The van der Waals surface area contributed by atoms with Crippen LogP contribution in [-0.4, -0.2) is 37.4 Å². The highest BCUT2D eigenvalue weighted by Gasteiger charge is 2.19. The van der Waals surface area contributed by atoms with Gasteiger partial charge in [0.25, 0.3) is 5.89 Å². The van der Waals surface area contributed by atoms with Gasteiger partial charge in [-0.3, -0.25) is 0 Å². The molecule has 1 atom stereocenters. The normalized spacial score (nSPS) is 13.3. The van der Waals surface area contributed by atoms with E-state index in [9.17, 15) is 12.8 Å². The highest BCUT2D eigenvalue weighted by Crippen LogP contribution is 2.25. The molecule has 1 aromatic heterocycles. The molecule has 120 valence electrons. The van der Waals surface area contributed by atoms with Crippen LogP contribution in [0.3, 0.4) is 0 Å². The number of benzene rings is 1. The predicted octanol–water partition coefficient (Wildman–Crippen LogP) is 1.82. The van der Waals surface area contributed by atoms with Gasteiger partial charge in [0.2, 0.25) is 0 Å². The highest BCUT2D eigenvalue weighted by molar-refractivity contribution is 7.91. The maximum Gasteiger partial charge on any atom is 0.260 e. The number of sulfone groups is 1. The molecule has 0 radical (unpaired) electrons. The summed E-state index contributed by atoms with van der Waals surface area (Å²) in [5.41, 5.74) is -0.00890. The third-order valence-electron chi connectivity index (χ3n) is 3.36. The van der Waals surface area contributed by atoms with E-state index in [1.807, 2.05) is 14.0 Å². The van der Waals surface area contributed by atoms with Crippen LogP contribution < -0.4 is 5.32 Å². The van der Waals surface area contributed by atoms with Crippen LogP contribution >= 0.6 is 0 Å². The van der Waals surface area contributed by atoms with Crippen LogP contribution in [0.25, 0.3) is 11.5 Å². The topological polar surface area (TPSA) is 85.1 Å². The maximum atomic E-state index is 14.0. The molecular weight excluding hydrogens is 309 g/mol.